The van der Waals surface area contributed by atoms with Crippen LogP contribution in [0.2, 0.25) is 10.0 Å². The monoisotopic (exact) mass is 616 g/mol. The summed E-state index contributed by atoms with van der Waals surface area (Å²) in [5, 5.41) is 0.675. The first kappa shape index (κ1) is 29.6. The lowest BCUT2D eigenvalue weighted by molar-refractivity contribution is -0.151. The van der Waals surface area contributed by atoms with Gasteiger partial charge in [-0.15, -0.1) is 0 Å². The van der Waals surface area contributed by atoms with Gasteiger partial charge in [-0.25, -0.2) is 26.3 Å². The molecule has 0 spiro atoms. The van der Waals surface area contributed by atoms with Gasteiger partial charge in [-0.05, 0) is 42.5 Å². The Bertz CT molecular complexity index is 1590. The van der Waals surface area contributed by atoms with Gasteiger partial charge in [-0.3, -0.25) is 14.4 Å². The van der Waals surface area contributed by atoms with Gasteiger partial charge in [0, 0.05) is 40.4 Å². The average molecular weight is 617 g/mol. The molecule has 1 fully saturated rings. The van der Waals surface area contributed by atoms with Gasteiger partial charge in [0.2, 0.25) is 5.91 Å². The van der Waals surface area contributed by atoms with Gasteiger partial charge in [0.1, 0.15) is 16.1 Å². The number of nitrogens with one attached hydrogen (secondary N) is 1. The van der Waals surface area contributed by atoms with Gasteiger partial charge >= 0.3 is 5.97 Å². The number of hydrogen-bond acceptors (Lipinski definition) is 6. The van der Waals surface area contributed by atoms with Crippen LogP contribution in [0.3, 0.4) is 0 Å². The third-order valence-corrected chi connectivity index (χ3v) is 8.63. The van der Waals surface area contributed by atoms with E-state index in [4.69, 9.17) is 27.9 Å². The Labute approximate surface area is 237 Å². The smallest absolute Gasteiger partial charge is 0.318 e. The maximum atomic E-state index is 14.0. The van der Waals surface area contributed by atoms with Crippen molar-refractivity contribution >= 4 is 51.0 Å². The number of amides is 2. The van der Waals surface area contributed by atoms with E-state index in [1.54, 1.807) is 16.9 Å². The SMILES string of the molecule is COC(=O)C12CCCC(/C=C/C(=O)NS(=O)(=O)c3cc(F)c(F)cc3F)=C1N(Cc1ccc(Cl)cc1Cl)C(=O)C2. The Hall–Kier alpha value is -3.35. The van der Waals surface area contributed by atoms with Gasteiger partial charge in [0.15, 0.2) is 11.6 Å². The topological polar surface area (TPSA) is 110 Å². The van der Waals surface area contributed by atoms with Crippen LogP contribution in [0.1, 0.15) is 31.2 Å². The summed E-state index contributed by atoms with van der Waals surface area (Å²) in [6.45, 7) is -0.0176. The molecule has 0 radical (unpaired) electrons. The molecule has 2 aromatic rings. The summed E-state index contributed by atoms with van der Waals surface area (Å²) in [5.41, 5.74) is -0.113. The maximum Gasteiger partial charge on any atom is 0.318 e. The van der Waals surface area contributed by atoms with Gasteiger partial charge in [-0.2, -0.15) is 0 Å². The molecule has 14 heteroatoms. The Morgan fingerprint density at radius 1 is 1.12 bits per heavy atom. The molecule has 1 unspecified atom stereocenters. The first-order valence-electron chi connectivity index (χ1n) is 11.7. The number of halogens is 5. The first-order chi connectivity index (χ1) is 18.8. The summed E-state index contributed by atoms with van der Waals surface area (Å²) in [6, 6.07) is 4.88. The molecule has 2 aromatic carbocycles. The lowest BCUT2D eigenvalue weighted by atomic mass is 9.73. The number of esters is 1. The first-order valence-corrected chi connectivity index (χ1v) is 14.0. The van der Waals surface area contributed by atoms with Crippen LogP contribution in [0, 0.1) is 22.9 Å². The van der Waals surface area contributed by atoms with E-state index in [0.717, 1.165) is 6.08 Å². The van der Waals surface area contributed by atoms with Crippen molar-refractivity contribution in [2.45, 2.75) is 37.1 Å². The molecule has 1 atom stereocenters. The number of ether oxygens (including phenoxy) is 1. The van der Waals surface area contributed by atoms with E-state index in [1.165, 1.54) is 24.2 Å². The van der Waals surface area contributed by atoms with Crippen LogP contribution in [0.25, 0.3) is 0 Å². The van der Waals surface area contributed by atoms with Gasteiger partial charge in [0.05, 0.1) is 13.7 Å². The fourth-order valence-corrected chi connectivity index (χ4v) is 6.42. The van der Waals surface area contributed by atoms with Crippen molar-refractivity contribution in [3.63, 3.8) is 0 Å². The highest BCUT2D eigenvalue weighted by Crippen LogP contribution is 2.52. The molecule has 212 valence electrons. The Morgan fingerprint density at radius 2 is 1.82 bits per heavy atom. The molecule has 1 N–H and O–H groups in total. The largest absolute Gasteiger partial charge is 0.468 e. The number of fused-ring (bicyclic) bond motifs is 1. The zero-order valence-corrected chi connectivity index (χ0v) is 23.1. The molecule has 1 heterocycles. The summed E-state index contributed by atoms with van der Waals surface area (Å²) in [7, 11) is -3.72. The highest BCUT2D eigenvalue weighted by Gasteiger charge is 2.56. The zero-order chi connectivity index (χ0) is 29.4. The van der Waals surface area contributed by atoms with Crippen LogP contribution < -0.4 is 4.72 Å². The van der Waals surface area contributed by atoms with Crippen LogP contribution >= 0.6 is 23.2 Å². The lowest BCUT2D eigenvalue weighted by Gasteiger charge is -2.35. The predicted octanol–water partition coefficient (Wildman–Crippen LogP) is 4.80. The molecule has 0 saturated carbocycles. The predicted molar refractivity (Wildman–Crippen MR) is 138 cm³/mol. The van der Waals surface area contributed by atoms with Crippen molar-refractivity contribution in [3.8, 4) is 0 Å². The number of methoxy groups -OCH3 is 1. The van der Waals surface area contributed by atoms with Crippen molar-refractivity contribution in [1.82, 2.24) is 9.62 Å². The number of rotatable bonds is 7. The Morgan fingerprint density at radius 3 is 2.50 bits per heavy atom. The second kappa shape index (κ2) is 11.3. The number of carbonyl (C=O) groups is 3. The molecule has 1 saturated heterocycles. The van der Waals surface area contributed by atoms with Crippen molar-refractivity contribution in [2.24, 2.45) is 5.41 Å². The number of hydrogen-bond donors (Lipinski definition) is 1. The molecular formula is C26H21Cl2F3N2O6S. The van der Waals surface area contributed by atoms with E-state index in [2.05, 4.69) is 0 Å². The van der Waals surface area contributed by atoms with Crippen molar-refractivity contribution in [1.29, 1.82) is 0 Å². The highest BCUT2D eigenvalue weighted by molar-refractivity contribution is 7.90. The second-order valence-corrected chi connectivity index (χ2v) is 11.7. The molecule has 2 aliphatic rings. The van der Waals surface area contributed by atoms with E-state index in [0.29, 0.717) is 46.1 Å². The Kier molecular flexibility index (Phi) is 8.34. The molecule has 1 aliphatic carbocycles. The molecular weight excluding hydrogens is 596 g/mol. The van der Waals surface area contributed by atoms with Crippen LogP contribution in [0.4, 0.5) is 13.2 Å². The minimum Gasteiger partial charge on any atom is -0.468 e. The minimum atomic E-state index is -4.91. The van der Waals surface area contributed by atoms with Crippen LogP contribution in [-0.2, 0) is 35.7 Å². The standard InChI is InChI=1S/C26H21Cl2F3N2O6S/c1-39-25(36)26-8-2-3-14(24(26)33(23(35)12-26)13-15-4-6-16(27)9-17(15)28)5-7-22(34)32-40(37,38)21-11-19(30)18(29)10-20(21)31/h4-7,9-11H,2-3,8,12-13H2,1H3,(H,32,34)/b7-5+. The van der Waals surface area contributed by atoms with Crippen molar-refractivity contribution < 1.29 is 40.7 Å². The lowest BCUT2D eigenvalue weighted by Crippen LogP contribution is -2.37. The van der Waals surface area contributed by atoms with Gasteiger partial charge in [-0.1, -0.05) is 35.3 Å². The van der Waals surface area contributed by atoms with Crippen LogP contribution in [0.5, 0.6) is 0 Å². The molecule has 0 bridgehead atoms. The molecule has 1 aliphatic heterocycles. The molecule has 0 aromatic heterocycles. The summed E-state index contributed by atoms with van der Waals surface area (Å²) in [6.07, 6.45) is 2.93. The van der Waals surface area contributed by atoms with Crippen LogP contribution in [-0.4, -0.2) is 38.2 Å². The number of likely N-dealkylation sites (tertiary alicyclic amines) is 1. The Balaban J connectivity index is 1.70. The van der Waals surface area contributed by atoms with Crippen LogP contribution in [0.15, 0.2) is 58.6 Å². The summed E-state index contributed by atoms with van der Waals surface area (Å²) in [4.78, 5) is 38.8. The van der Waals surface area contributed by atoms with Gasteiger partial charge < -0.3 is 9.64 Å². The fourth-order valence-electron chi connectivity index (χ4n) is 4.93. The maximum absolute atomic E-state index is 14.0. The molecule has 40 heavy (non-hydrogen) atoms. The van der Waals surface area contributed by atoms with E-state index in [1.807, 2.05) is 0 Å². The summed E-state index contributed by atoms with van der Waals surface area (Å²) >= 11 is 12.3. The number of carbonyl (C=O) groups excluding carboxylic acids is 3. The average Bonchev–Trinajstić information content (AvgIpc) is 3.18. The third kappa shape index (κ3) is 5.61. The fraction of sp³-hybridized carbons (Fsp3) is 0.269. The number of sulfonamides is 1. The second-order valence-electron chi connectivity index (χ2n) is 9.19. The third-order valence-electron chi connectivity index (χ3n) is 6.69. The molecule has 8 nitrogen and oxygen atoms in total. The number of benzene rings is 2. The highest BCUT2D eigenvalue weighted by atomic mass is 35.5. The zero-order valence-electron chi connectivity index (χ0n) is 20.8. The van der Waals surface area contributed by atoms with E-state index in [-0.39, 0.29) is 31.0 Å². The summed E-state index contributed by atoms with van der Waals surface area (Å²) < 4.78 is 72.2. The van der Waals surface area contributed by atoms with E-state index < -0.39 is 49.7 Å². The minimum absolute atomic E-state index is 0.0176. The van der Waals surface area contributed by atoms with Crippen molar-refractivity contribution in [3.05, 3.63) is 86.8 Å². The normalized spacial score (nSPS) is 19.2. The van der Waals surface area contributed by atoms with E-state index in [9.17, 15) is 36.0 Å². The molecule has 2 amide bonds. The van der Waals surface area contributed by atoms with Gasteiger partial charge in [0.25, 0.3) is 15.9 Å². The number of allylic oxidation sites excluding steroid dienone is 2. The quantitative estimate of drug-likeness (QED) is 0.272. The van der Waals surface area contributed by atoms with E-state index >= 15 is 0 Å². The molecule has 4 rings (SSSR count). The van der Waals surface area contributed by atoms with Crippen molar-refractivity contribution in [2.75, 3.05) is 7.11 Å². The summed E-state index contributed by atoms with van der Waals surface area (Å²) in [5.74, 6) is -7.08. The number of nitrogens with zero attached hydrogens (tertiary/aromatic N) is 1.